The van der Waals surface area contributed by atoms with Crippen molar-refractivity contribution < 1.29 is 29.6 Å². The maximum Gasteiger partial charge on any atom is 0.407 e. The highest BCUT2D eigenvalue weighted by Crippen LogP contribution is 2.37. The Bertz CT molecular complexity index is 643. The van der Waals surface area contributed by atoms with Gasteiger partial charge in [0, 0.05) is 13.0 Å². The summed E-state index contributed by atoms with van der Waals surface area (Å²) in [7, 11) is 0. The molecule has 0 aliphatic carbocycles. The number of carbonyl (C=O) groups is 1. The van der Waals surface area contributed by atoms with Gasteiger partial charge in [-0.2, -0.15) is 0 Å². The van der Waals surface area contributed by atoms with E-state index in [1.807, 2.05) is 30.3 Å². The number of ether oxygens (including phenoxy) is 2. The third-order valence-corrected chi connectivity index (χ3v) is 5.42. The Morgan fingerprint density at radius 2 is 2.04 bits per heavy atom. The van der Waals surface area contributed by atoms with Crippen LogP contribution in [0.4, 0.5) is 4.79 Å². The van der Waals surface area contributed by atoms with Crippen LogP contribution in [0.5, 0.6) is 0 Å². The SMILES string of the molecule is O=C(NCCC1=N[C@@H]2[C@@H](O)[C@H](O)[C@@H](CO)O[C@@H]2S1)OCc1ccccc1. The summed E-state index contributed by atoms with van der Waals surface area (Å²) in [5, 5.41) is 32.6. The van der Waals surface area contributed by atoms with Gasteiger partial charge in [0.2, 0.25) is 0 Å². The number of aliphatic hydroxyl groups is 3. The van der Waals surface area contributed by atoms with Gasteiger partial charge >= 0.3 is 6.09 Å². The van der Waals surface area contributed by atoms with Gasteiger partial charge in [-0.05, 0) is 5.56 Å². The summed E-state index contributed by atoms with van der Waals surface area (Å²) in [4.78, 5) is 16.1. The van der Waals surface area contributed by atoms with E-state index in [9.17, 15) is 20.1 Å². The van der Waals surface area contributed by atoms with Crippen LogP contribution >= 0.6 is 11.8 Å². The van der Waals surface area contributed by atoms with Gasteiger partial charge in [-0.3, -0.25) is 4.99 Å². The summed E-state index contributed by atoms with van der Waals surface area (Å²) in [5.41, 5.74) is 0.469. The van der Waals surface area contributed by atoms with Crippen molar-refractivity contribution in [1.29, 1.82) is 0 Å². The van der Waals surface area contributed by atoms with Crippen LogP contribution in [0.25, 0.3) is 0 Å². The highest BCUT2D eigenvalue weighted by atomic mass is 32.2. The second-order valence-corrected chi connectivity index (χ2v) is 7.25. The number of nitrogens with zero attached hydrogens (tertiary/aromatic N) is 1. The molecule has 0 saturated carbocycles. The van der Waals surface area contributed by atoms with Gasteiger partial charge in [-0.1, -0.05) is 42.1 Å². The van der Waals surface area contributed by atoms with Gasteiger partial charge in [0.15, 0.2) is 0 Å². The Hall–Kier alpha value is -1.65. The second kappa shape index (κ2) is 8.83. The van der Waals surface area contributed by atoms with Crippen LogP contribution in [0, 0.1) is 0 Å². The molecule has 26 heavy (non-hydrogen) atoms. The fraction of sp³-hybridized carbons (Fsp3) is 0.529. The van der Waals surface area contributed by atoms with Crippen molar-refractivity contribution in [2.75, 3.05) is 13.2 Å². The maximum atomic E-state index is 11.7. The molecule has 0 unspecified atom stereocenters. The molecule has 0 radical (unpaired) electrons. The van der Waals surface area contributed by atoms with E-state index in [2.05, 4.69) is 10.3 Å². The van der Waals surface area contributed by atoms with Crippen LogP contribution in [0.2, 0.25) is 0 Å². The first-order chi connectivity index (χ1) is 12.6. The van der Waals surface area contributed by atoms with Crippen molar-refractivity contribution in [3.05, 3.63) is 35.9 Å². The van der Waals surface area contributed by atoms with Crippen LogP contribution in [-0.2, 0) is 16.1 Å². The van der Waals surface area contributed by atoms with Gasteiger partial charge in [-0.25, -0.2) is 4.79 Å². The first-order valence-electron chi connectivity index (χ1n) is 8.39. The highest BCUT2D eigenvalue weighted by Gasteiger charge is 2.47. The van der Waals surface area contributed by atoms with Crippen LogP contribution in [0.1, 0.15) is 12.0 Å². The molecule has 2 aliphatic rings. The number of benzene rings is 1. The number of carbonyl (C=O) groups excluding carboxylic acids is 1. The normalized spacial score (nSPS) is 30.4. The molecule has 1 amide bonds. The van der Waals surface area contributed by atoms with Gasteiger partial charge in [0.25, 0.3) is 0 Å². The Labute approximate surface area is 155 Å². The van der Waals surface area contributed by atoms with E-state index in [0.717, 1.165) is 5.56 Å². The van der Waals surface area contributed by atoms with Gasteiger partial charge in [0.1, 0.15) is 36.4 Å². The second-order valence-electron chi connectivity index (χ2n) is 6.08. The molecule has 0 aromatic heterocycles. The van der Waals surface area contributed by atoms with E-state index in [-0.39, 0.29) is 13.2 Å². The summed E-state index contributed by atoms with van der Waals surface area (Å²) in [6.07, 6.45) is -3.12. The molecular weight excluding hydrogens is 360 g/mol. The highest BCUT2D eigenvalue weighted by molar-refractivity contribution is 8.14. The molecule has 1 aromatic carbocycles. The largest absolute Gasteiger partial charge is 0.445 e. The molecule has 2 aliphatic heterocycles. The number of thioether (sulfide) groups is 1. The van der Waals surface area contributed by atoms with Gasteiger partial charge < -0.3 is 30.1 Å². The van der Waals surface area contributed by atoms with Crippen LogP contribution in [0.3, 0.4) is 0 Å². The molecule has 4 N–H and O–H groups in total. The van der Waals surface area contributed by atoms with Crippen molar-refractivity contribution in [2.24, 2.45) is 4.99 Å². The number of nitrogens with one attached hydrogen (secondary N) is 1. The summed E-state index contributed by atoms with van der Waals surface area (Å²) in [5.74, 6) is 0. The smallest absolute Gasteiger partial charge is 0.407 e. The first-order valence-corrected chi connectivity index (χ1v) is 9.27. The molecule has 2 heterocycles. The fourth-order valence-corrected chi connectivity index (χ4v) is 4.03. The van der Waals surface area contributed by atoms with Crippen molar-refractivity contribution in [1.82, 2.24) is 5.32 Å². The summed E-state index contributed by atoms with van der Waals surface area (Å²) >= 11 is 1.33. The Balaban J connectivity index is 1.41. The van der Waals surface area contributed by atoms with Crippen LogP contribution < -0.4 is 5.32 Å². The van der Waals surface area contributed by atoms with Crippen molar-refractivity contribution >= 4 is 22.9 Å². The predicted molar refractivity (Wildman–Crippen MR) is 95.8 cm³/mol. The Kier molecular flexibility index (Phi) is 6.49. The minimum atomic E-state index is -1.17. The third-order valence-electron chi connectivity index (χ3n) is 4.21. The van der Waals surface area contributed by atoms with Gasteiger partial charge in [-0.15, -0.1) is 0 Å². The minimum absolute atomic E-state index is 0.201. The zero-order chi connectivity index (χ0) is 18.5. The van der Waals surface area contributed by atoms with E-state index in [1.54, 1.807) is 0 Å². The summed E-state index contributed by atoms with van der Waals surface area (Å²) in [6, 6.07) is 8.82. The third kappa shape index (κ3) is 4.54. The zero-order valence-corrected chi connectivity index (χ0v) is 14.8. The number of aliphatic imine (C=N–C) groups is 1. The molecule has 142 valence electrons. The lowest BCUT2D eigenvalue weighted by Gasteiger charge is -2.37. The molecule has 1 saturated heterocycles. The molecule has 9 heteroatoms. The molecule has 8 nitrogen and oxygen atoms in total. The Morgan fingerprint density at radius 3 is 2.77 bits per heavy atom. The van der Waals surface area contributed by atoms with Crippen molar-refractivity contribution in [3.63, 3.8) is 0 Å². The molecule has 1 fully saturated rings. The van der Waals surface area contributed by atoms with Gasteiger partial charge in [0.05, 0.1) is 11.7 Å². The molecular formula is C17H22N2O6S. The topological polar surface area (TPSA) is 121 Å². The fourth-order valence-electron chi connectivity index (χ4n) is 2.80. The lowest BCUT2D eigenvalue weighted by molar-refractivity contribution is -0.164. The summed E-state index contributed by atoms with van der Waals surface area (Å²) < 4.78 is 10.7. The Morgan fingerprint density at radius 1 is 1.27 bits per heavy atom. The standard InChI is InChI=1S/C17H22N2O6S/c20-8-11-14(21)15(22)13-16(25-11)26-12(19-13)6-7-18-17(23)24-9-10-4-2-1-3-5-10/h1-5,11,13-16,20-22H,6-9H2,(H,18,23)/t11-,13-,14-,15-,16-/m1/s1. The monoisotopic (exact) mass is 382 g/mol. The lowest BCUT2D eigenvalue weighted by Crippen LogP contribution is -2.55. The van der Waals surface area contributed by atoms with Crippen LogP contribution in [0.15, 0.2) is 35.3 Å². The number of hydrogen-bond acceptors (Lipinski definition) is 8. The van der Waals surface area contributed by atoms with E-state index < -0.39 is 35.9 Å². The first kappa shape index (κ1) is 19.1. The number of fused-ring (bicyclic) bond motifs is 1. The van der Waals surface area contributed by atoms with Crippen LogP contribution in [-0.4, -0.2) is 69.4 Å². The average Bonchev–Trinajstić information content (AvgIpc) is 3.07. The van der Waals surface area contributed by atoms with Crippen molar-refractivity contribution in [2.45, 2.75) is 42.8 Å². The summed E-state index contributed by atoms with van der Waals surface area (Å²) in [6.45, 7) is 0.167. The number of alkyl carbamates (subject to hydrolysis) is 1. The predicted octanol–water partition coefficient (Wildman–Crippen LogP) is 0.256. The van der Waals surface area contributed by atoms with E-state index in [1.165, 1.54) is 11.8 Å². The molecule has 3 rings (SSSR count). The maximum absolute atomic E-state index is 11.7. The van der Waals surface area contributed by atoms with E-state index in [0.29, 0.717) is 18.0 Å². The molecule has 0 bridgehead atoms. The molecule has 1 aromatic rings. The quantitative estimate of drug-likeness (QED) is 0.557. The minimum Gasteiger partial charge on any atom is -0.445 e. The van der Waals surface area contributed by atoms with Crippen molar-refractivity contribution in [3.8, 4) is 0 Å². The zero-order valence-electron chi connectivity index (χ0n) is 14.0. The molecule has 0 spiro atoms. The number of rotatable bonds is 6. The lowest BCUT2D eigenvalue weighted by atomic mass is 9.99. The van der Waals surface area contributed by atoms with E-state index >= 15 is 0 Å². The number of aliphatic hydroxyl groups excluding tert-OH is 3. The van der Waals surface area contributed by atoms with E-state index in [4.69, 9.17) is 9.47 Å². The number of amides is 1. The molecule has 5 atom stereocenters. The number of hydrogen-bond donors (Lipinski definition) is 4. The average molecular weight is 382 g/mol.